The number of anilines is 1. The lowest BCUT2D eigenvalue weighted by atomic mass is 9.87. The molecular formula is C25H33N5O4. The molecule has 9 heteroatoms. The first-order valence-electron chi connectivity index (χ1n) is 11.6. The SMILES string of the molecule is CC(C)CCn1ncc2c1NC(=O)CC2c1ccccc1OCCCCn1ccnc1.O=CO. The highest BCUT2D eigenvalue weighted by atomic mass is 16.5. The van der Waals surface area contributed by atoms with E-state index in [0.29, 0.717) is 18.9 Å². The number of para-hydroxylation sites is 1. The Morgan fingerprint density at radius 1 is 1.24 bits per heavy atom. The van der Waals surface area contributed by atoms with Crippen molar-refractivity contribution in [3.05, 3.63) is 60.3 Å². The number of ether oxygens (including phenoxy) is 1. The Hall–Kier alpha value is -3.62. The summed E-state index contributed by atoms with van der Waals surface area (Å²) in [5.74, 6) is 2.25. The molecule has 182 valence electrons. The fourth-order valence-electron chi connectivity index (χ4n) is 3.99. The van der Waals surface area contributed by atoms with Crippen molar-refractivity contribution in [2.24, 2.45) is 5.92 Å². The van der Waals surface area contributed by atoms with E-state index in [2.05, 4.69) is 39.9 Å². The molecule has 4 rings (SSSR count). The molecule has 1 amide bonds. The second kappa shape index (κ2) is 12.6. The van der Waals surface area contributed by atoms with Gasteiger partial charge >= 0.3 is 0 Å². The van der Waals surface area contributed by atoms with E-state index >= 15 is 0 Å². The van der Waals surface area contributed by atoms with Crippen LogP contribution in [0.15, 0.2) is 49.2 Å². The molecule has 0 radical (unpaired) electrons. The highest BCUT2D eigenvalue weighted by molar-refractivity contribution is 5.94. The predicted molar refractivity (Wildman–Crippen MR) is 129 cm³/mol. The molecule has 2 N–H and O–H groups in total. The first-order valence-corrected chi connectivity index (χ1v) is 11.6. The van der Waals surface area contributed by atoms with Crippen LogP contribution in [-0.4, -0.2) is 43.4 Å². The highest BCUT2D eigenvalue weighted by Crippen LogP contribution is 2.40. The van der Waals surface area contributed by atoms with E-state index in [0.717, 1.165) is 55.0 Å². The highest BCUT2D eigenvalue weighted by Gasteiger charge is 2.31. The number of imidazole rings is 1. The summed E-state index contributed by atoms with van der Waals surface area (Å²) in [6.45, 7) is 6.52. The number of rotatable bonds is 10. The third-order valence-corrected chi connectivity index (χ3v) is 5.73. The van der Waals surface area contributed by atoms with E-state index in [1.54, 1.807) is 6.20 Å². The number of hydrogen-bond donors (Lipinski definition) is 2. The zero-order valence-electron chi connectivity index (χ0n) is 19.8. The van der Waals surface area contributed by atoms with Gasteiger partial charge in [-0.3, -0.25) is 9.59 Å². The first-order chi connectivity index (χ1) is 16.5. The van der Waals surface area contributed by atoms with Crippen molar-refractivity contribution in [3.8, 4) is 5.75 Å². The van der Waals surface area contributed by atoms with Crippen LogP contribution in [-0.2, 0) is 22.7 Å². The van der Waals surface area contributed by atoms with Crippen LogP contribution in [0.4, 0.5) is 5.82 Å². The molecule has 3 heterocycles. The van der Waals surface area contributed by atoms with Crippen LogP contribution >= 0.6 is 0 Å². The number of benzene rings is 1. The minimum atomic E-state index is -0.250. The maximum atomic E-state index is 12.5. The molecule has 0 aliphatic carbocycles. The summed E-state index contributed by atoms with van der Waals surface area (Å²) in [5.41, 5.74) is 2.12. The Morgan fingerprint density at radius 2 is 2.03 bits per heavy atom. The summed E-state index contributed by atoms with van der Waals surface area (Å²) in [5, 5.41) is 14.5. The normalized spacial score (nSPS) is 14.7. The van der Waals surface area contributed by atoms with Crippen LogP contribution in [0.3, 0.4) is 0 Å². The van der Waals surface area contributed by atoms with Gasteiger partial charge in [-0.15, -0.1) is 0 Å². The Balaban J connectivity index is 0.00000103. The van der Waals surface area contributed by atoms with Crippen molar-refractivity contribution in [3.63, 3.8) is 0 Å². The van der Waals surface area contributed by atoms with Gasteiger partial charge in [-0.2, -0.15) is 5.10 Å². The quantitative estimate of drug-likeness (QED) is 0.342. The minimum Gasteiger partial charge on any atom is -0.493 e. The zero-order valence-corrected chi connectivity index (χ0v) is 19.8. The monoisotopic (exact) mass is 467 g/mol. The number of amides is 1. The van der Waals surface area contributed by atoms with E-state index in [9.17, 15) is 4.79 Å². The molecular weight excluding hydrogens is 434 g/mol. The van der Waals surface area contributed by atoms with Gasteiger partial charge in [0.05, 0.1) is 19.1 Å². The lowest BCUT2D eigenvalue weighted by Gasteiger charge is -2.25. The molecule has 2 aromatic heterocycles. The van der Waals surface area contributed by atoms with Crippen molar-refractivity contribution in [2.45, 2.75) is 58.5 Å². The summed E-state index contributed by atoms with van der Waals surface area (Å²) in [6.07, 6.45) is 10.9. The number of carboxylic acid groups (broad SMARTS) is 1. The molecule has 1 aliphatic heterocycles. The number of carbonyl (C=O) groups excluding carboxylic acids is 1. The molecule has 1 aromatic carbocycles. The molecule has 0 saturated heterocycles. The summed E-state index contributed by atoms with van der Waals surface area (Å²) < 4.78 is 10.2. The molecule has 9 nitrogen and oxygen atoms in total. The number of nitrogens with one attached hydrogen (secondary N) is 1. The van der Waals surface area contributed by atoms with E-state index in [4.69, 9.17) is 14.6 Å². The standard InChI is InChI=1S/C24H31N5O2.CH2O2/c1-18(2)9-12-29-24-21(16-26-29)20(15-23(30)27-24)19-7-3-4-8-22(19)31-14-6-5-11-28-13-10-25-17-28;2-1-3/h3-4,7-8,10,13,16-18,20H,5-6,9,11-12,14-15H2,1-2H3,(H,27,30);1H,(H,2,3). The van der Waals surface area contributed by atoms with Gasteiger partial charge in [0.15, 0.2) is 0 Å². The van der Waals surface area contributed by atoms with Gasteiger partial charge in [0, 0.05) is 48.9 Å². The lowest BCUT2D eigenvalue weighted by Crippen LogP contribution is -2.25. The van der Waals surface area contributed by atoms with Gasteiger partial charge in [0.1, 0.15) is 11.6 Å². The number of hydrogen-bond acceptors (Lipinski definition) is 5. The Kier molecular flexibility index (Phi) is 9.25. The second-order valence-corrected chi connectivity index (χ2v) is 8.66. The van der Waals surface area contributed by atoms with Crippen LogP contribution in [0.1, 0.15) is 56.6 Å². The molecule has 1 atom stereocenters. The van der Waals surface area contributed by atoms with Gasteiger partial charge in [-0.05, 0) is 31.2 Å². The fourth-order valence-corrected chi connectivity index (χ4v) is 3.99. The third-order valence-electron chi connectivity index (χ3n) is 5.73. The van der Waals surface area contributed by atoms with Crippen LogP contribution in [0, 0.1) is 5.92 Å². The van der Waals surface area contributed by atoms with E-state index < -0.39 is 0 Å². The number of nitrogens with zero attached hydrogens (tertiary/aromatic N) is 4. The Labute approximate surface area is 199 Å². The van der Waals surface area contributed by atoms with Gasteiger partial charge in [0.25, 0.3) is 6.47 Å². The number of aromatic nitrogens is 4. The topological polar surface area (TPSA) is 111 Å². The van der Waals surface area contributed by atoms with Crippen molar-refractivity contribution < 1.29 is 19.4 Å². The average molecular weight is 468 g/mol. The summed E-state index contributed by atoms with van der Waals surface area (Å²) in [6, 6.07) is 8.07. The first kappa shape index (κ1) is 25.0. The summed E-state index contributed by atoms with van der Waals surface area (Å²) >= 11 is 0. The molecule has 34 heavy (non-hydrogen) atoms. The molecule has 0 fully saturated rings. The van der Waals surface area contributed by atoms with Gasteiger partial charge in [-0.1, -0.05) is 32.0 Å². The number of fused-ring (bicyclic) bond motifs is 1. The lowest BCUT2D eigenvalue weighted by molar-refractivity contribution is -0.123. The maximum Gasteiger partial charge on any atom is 0.290 e. The Bertz CT molecular complexity index is 1050. The molecule has 1 aliphatic rings. The number of unbranched alkanes of at least 4 members (excludes halogenated alkanes) is 1. The van der Waals surface area contributed by atoms with Crippen molar-refractivity contribution in [2.75, 3.05) is 11.9 Å². The summed E-state index contributed by atoms with van der Waals surface area (Å²) in [7, 11) is 0. The molecule has 1 unspecified atom stereocenters. The predicted octanol–water partition coefficient (Wildman–Crippen LogP) is 4.16. The molecule has 0 bridgehead atoms. The van der Waals surface area contributed by atoms with Crippen LogP contribution in [0.5, 0.6) is 5.75 Å². The molecule has 0 spiro atoms. The number of carbonyl (C=O) groups is 2. The van der Waals surface area contributed by atoms with Crippen LogP contribution in [0.2, 0.25) is 0 Å². The smallest absolute Gasteiger partial charge is 0.290 e. The third kappa shape index (κ3) is 6.69. The largest absolute Gasteiger partial charge is 0.493 e. The maximum absolute atomic E-state index is 12.5. The zero-order chi connectivity index (χ0) is 24.3. The van der Waals surface area contributed by atoms with Gasteiger partial charge in [0.2, 0.25) is 5.91 Å². The molecule has 3 aromatic rings. The van der Waals surface area contributed by atoms with Gasteiger partial charge in [-0.25, -0.2) is 9.67 Å². The van der Waals surface area contributed by atoms with Crippen LogP contribution in [0.25, 0.3) is 0 Å². The van der Waals surface area contributed by atoms with Crippen molar-refractivity contribution in [1.29, 1.82) is 0 Å². The average Bonchev–Trinajstić information content (AvgIpc) is 3.48. The molecule has 0 saturated carbocycles. The number of aryl methyl sites for hydroxylation is 2. The summed E-state index contributed by atoms with van der Waals surface area (Å²) in [4.78, 5) is 25.0. The van der Waals surface area contributed by atoms with Crippen molar-refractivity contribution in [1.82, 2.24) is 19.3 Å². The van der Waals surface area contributed by atoms with E-state index in [1.165, 1.54) is 0 Å². The fraction of sp³-hybridized carbons (Fsp3) is 0.440. The van der Waals surface area contributed by atoms with Crippen LogP contribution < -0.4 is 10.1 Å². The minimum absolute atomic E-state index is 0.0268. The van der Waals surface area contributed by atoms with Gasteiger partial charge < -0.3 is 19.7 Å². The Morgan fingerprint density at radius 3 is 2.76 bits per heavy atom. The second-order valence-electron chi connectivity index (χ2n) is 8.66. The van der Waals surface area contributed by atoms with Crippen molar-refractivity contribution >= 4 is 18.2 Å². The van der Waals surface area contributed by atoms with E-state index in [1.807, 2.05) is 41.6 Å². The van der Waals surface area contributed by atoms with E-state index in [-0.39, 0.29) is 18.3 Å².